The Morgan fingerprint density at radius 1 is 1.15 bits per heavy atom. The topological polar surface area (TPSA) is 64.6 Å². The van der Waals surface area contributed by atoms with Crippen molar-refractivity contribution in [2.75, 3.05) is 13.2 Å². The van der Waals surface area contributed by atoms with Gasteiger partial charge in [0.05, 0.1) is 13.2 Å². The fourth-order valence-corrected chi connectivity index (χ4v) is 1.93. The molecule has 1 aliphatic carbocycles. The van der Waals surface area contributed by atoms with E-state index in [2.05, 4.69) is 11.4 Å². The molecule has 0 heterocycles. The van der Waals surface area contributed by atoms with Gasteiger partial charge in [0, 0.05) is 11.9 Å². The molecule has 5 heteroatoms. The molecule has 0 unspecified atom stereocenters. The molecule has 5 nitrogen and oxygen atoms in total. The highest BCUT2D eigenvalue weighted by atomic mass is 16.6. The Balaban J connectivity index is 2.75. The Labute approximate surface area is 120 Å². The first-order valence-corrected chi connectivity index (χ1v) is 7.19. The van der Waals surface area contributed by atoms with Crippen LogP contribution in [0.15, 0.2) is 23.5 Å². The van der Waals surface area contributed by atoms with Gasteiger partial charge in [-0.15, -0.1) is 0 Å². The third-order valence-electron chi connectivity index (χ3n) is 2.93. The van der Waals surface area contributed by atoms with Crippen molar-refractivity contribution in [2.24, 2.45) is 0 Å². The lowest BCUT2D eigenvalue weighted by atomic mass is 10.2. The number of hydrogen-bond donors (Lipinski definition) is 1. The van der Waals surface area contributed by atoms with E-state index >= 15 is 0 Å². The van der Waals surface area contributed by atoms with Crippen molar-refractivity contribution < 1.29 is 19.1 Å². The molecule has 0 aromatic carbocycles. The first kappa shape index (κ1) is 16.3. The molecule has 0 aromatic rings. The zero-order valence-electron chi connectivity index (χ0n) is 12.2. The highest BCUT2D eigenvalue weighted by Crippen LogP contribution is 2.15. The lowest BCUT2D eigenvalue weighted by Gasteiger charge is -2.09. The Hall–Kier alpha value is -1.78. The van der Waals surface area contributed by atoms with Crippen molar-refractivity contribution >= 4 is 11.9 Å². The van der Waals surface area contributed by atoms with Gasteiger partial charge in [-0.25, -0.2) is 9.59 Å². The first-order valence-electron chi connectivity index (χ1n) is 7.19. The molecular formula is C15H23NO4. The summed E-state index contributed by atoms with van der Waals surface area (Å²) in [7, 11) is 0. The van der Waals surface area contributed by atoms with Crippen molar-refractivity contribution in [3.63, 3.8) is 0 Å². The molecule has 0 radical (unpaired) electrons. The van der Waals surface area contributed by atoms with Crippen LogP contribution in [0.5, 0.6) is 0 Å². The monoisotopic (exact) mass is 281 g/mol. The zero-order valence-corrected chi connectivity index (χ0v) is 12.2. The maximum Gasteiger partial charge on any atom is 0.347 e. The van der Waals surface area contributed by atoms with E-state index in [4.69, 9.17) is 9.47 Å². The minimum absolute atomic E-state index is 0.0983. The van der Waals surface area contributed by atoms with Crippen LogP contribution in [-0.2, 0) is 19.1 Å². The van der Waals surface area contributed by atoms with Gasteiger partial charge in [-0.2, -0.15) is 0 Å². The predicted molar refractivity (Wildman–Crippen MR) is 75.7 cm³/mol. The molecule has 0 aliphatic heterocycles. The third-order valence-corrected chi connectivity index (χ3v) is 2.93. The largest absolute Gasteiger partial charge is 0.462 e. The van der Waals surface area contributed by atoms with Crippen molar-refractivity contribution in [2.45, 2.75) is 46.0 Å². The van der Waals surface area contributed by atoms with Gasteiger partial charge in [0.2, 0.25) is 0 Å². The molecule has 112 valence electrons. The fraction of sp³-hybridized carbons (Fsp3) is 0.600. The molecule has 20 heavy (non-hydrogen) atoms. The van der Waals surface area contributed by atoms with Gasteiger partial charge in [0.1, 0.15) is 0 Å². The van der Waals surface area contributed by atoms with E-state index in [1.807, 2.05) is 0 Å². The van der Waals surface area contributed by atoms with Gasteiger partial charge in [-0.3, -0.25) is 0 Å². The van der Waals surface area contributed by atoms with Gasteiger partial charge in [0.25, 0.3) is 0 Å². The number of hydrogen-bond acceptors (Lipinski definition) is 5. The fourth-order valence-electron chi connectivity index (χ4n) is 1.93. The van der Waals surface area contributed by atoms with Crippen LogP contribution in [-0.4, -0.2) is 25.2 Å². The number of ether oxygens (including phenoxy) is 2. The normalized spacial score (nSPS) is 14.6. The van der Waals surface area contributed by atoms with Gasteiger partial charge < -0.3 is 14.8 Å². The molecule has 0 fully saturated rings. The number of carbonyl (C=O) groups excluding carboxylic acids is 2. The molecule has 0 saturated heterocycles. The number of allylic oxidation sites excluding steroid dienone is 2. The molecule has 0 atom stereocenters. The van der Waals surface area contributed by atoms with Gasteiger partial charge in [0.15, 0.2) is 5.57 Å². The van der Waals surface area contributed by atoms with Crippen LogP contribution in [0.1, 0.15) is 46.0 Å². The molecule has 1 aliphatic rings. The lowest BCUT2D eigenvalue weighted by Crippen LogP contribution is -2.21. The average molecular weight is 281 g/mol. The number of nitrogens with one attached hydrogen (secondary N) is 1. The third kappa shape index (κ3) is 5.47. The summed E-state index contributed by atoms with van der Waals surface area (Å²) < 4.78 is 9.74. The van der Waals surface area contributed by atoms with Crippen LogP contribution in [0.4, 0.5) is 0 Å². The molecule has 1 rings (SSSR count). The minimum atomic E-state index is -0.660. The number of carbonyl (C=O) groups is 2. The van der Waals surface area contributed by atoms with E-state index in [9.17, 15) is 9.59 Å². The SMILES string of the molecule is CCOC(=O)C(=CNC1=CCCCCC1)C(=O)OCC. The maximum absolute atomic E-state index is 11.7. The Kier molecular flexibility index (Phi) is 7.47. The Bertz CT molecular complexity index is 379. The van der Waals surface area contributed by atoms with Gasteiger partial charge in [-0.05, 0) is 39.5 Å². The molecule has 0 spiro atoms. The molecule has 0 saturated carbocycles. The summed E-state index contributed by atoms with van der Waals surface area (Å²) in [4.78, 5) is 23.5. The van der Waals surface area contributed by atoms with E-state index in [0.717, 1.165) is 25.0 Å². The van der Waals surface area contributed by atoms with Crippen molar-refractivity contribution in [3.05, 3.63) is 23.5 Å². The summed E-state index contributed by atoms with van der Waals surface area (Å²) in [6.45, 7) is 3.83. The molecular weight excluding hydrogens is 258 g/mol. The second-order valence-corrected chi connectivity index (χ2v) is 4.47. The van der Waals surface area contributed by atoms with E-state index in [1.165, 1.54) is 19.0 Å². The van der Waals surface area contributed by atoms with Crippen LogP contribution < -0.4 is 5.32 Å². The standard InChI is InChI=1S/C15H23NO4/c1-3-19-14(17)13(15(18)20-4-2)11-16-12-9-7-5-6-8-10-12/h9,11,16H,3-8,10H2,1-2H3. The van der Waals surface area contributed by atoms with Gasteiger partial charge in [-0.1, -0.05) is 12.5 Å². The Morgan fingerprint density at radius 3 is 2.40 bits per heavy atom. The van der Waals surface area contributed by atoms with Crippen molar-refractivity contribution in [3.8, 4) is 0 Å². The zero-order chi connectivity index (χ0) is 14.8. The highest BCUT2D eigenvalue weighted by molar-refractivity contribution is 6.13. The van der Waals surface area contributed by atoms with Crippen molar-refractivity contribution in [1.29, 1.82) is 0 Å². The van der Waals surface area contributed by atoms with E-state index in [1.54, 1.807) is 13.8 Å². The molecule has 1 N–H and O–H groups in total. The van der Waals surface area contributed by atoms with Crippen LogP contribution in [0.2, 0.25) is 0 Å². The summed E-state index contributed by atoms with van der Waals surface area (Å²) in [5.74, 6) is -1.32. The molecule has 0 aromatic heterocycles. The average Bonchev–Trinajstić information content (AvgIpc) is 2.68. The maximum atomic E-state index is 11.7. The van der Waals surface area contributed by atoms with E-state index in [0.29, 0.717) is 0 Å². The highest BCUT2D eigenvalue weighted by Gasteiger charge is 2.21. The van der Waals surface area contributed by atoms with Crippen LogP contribution >= 0.6 is 0 Å². The predicted octanol–water partition coefficient (Wildman–Crippen LogP) is 2.43. The summed E-state index contributed by atoms with van der Waals surface area (Å²) in [5, 5.41) is 3.04. The summed E-state index contributed by atoms with van der Waals surface area (Å²) in [6.07, 6.45) is 8.94. The van der Waals surface area contributed by atoms with E-state index in [-0.39, 0.29) is 18.8 Å². The summed E-state index contributed by atoms with van der Waals surface area (Å²) in [5.41, 5.74) is 0.937. The smallest absolute Gasteiger partial charge is 0.347 e. The van der Waals surface area contributed by atoms with Crippen LogP contribution in [0.25, 0.3) is 0 Å². The van der Waals surface area contributed by atoms with Crippen LogP contribution in [0.3, 0.4) is 0 Å². The summed E-state index contributed by atoms with van der Waals surface area (Å²) in [6, 6.07) is 0. The second kappa shape index (κ2) is 9.18. The lowest BCUT2D eigenvalue weighted by molar-refractivity contribution is -0.146. The minimum Gasteiger partial charge on any atom is -0.462 e. The first-order chi connectivity index (χ1) is 9.69. The van der Waals surface area contributed by atoms with Crippen molar-refractivity contribution in [1.82, 2.24) is 5.32 Å². The number of rotatable bonds is 6. The molecule has 0 amide bonds. The van der Waals surface area contributed by atoms with Gasteiger partial charge >= 0.3 is 11.9 Å². The number of esters is 2. The van der Waals surface area contributed by atoms with Crippen LogP contribution in [0, 0.1) is 0 Å². The summed E-state index contributed by atoms with van der Waals surface area (Å²) >= 11 is 0. The second-order valence-electron chi connectivity index (χ2n) is 4.47. The quantitative estimate of drug-likeness (QED) is 0.350. The Morgan fingerprint density at radius 2 is 1.80 bits per heavy atom. The molecule has 0 bridgehead atoms. The van der Waals surface area contributed by atoms with E-state index < -0.39 is 11.9 Å².